The summed E-state index contributed by atoms with van der Waals surface area (Å²) < 4.78 is 5.29. The molecular formula is C11H10ClNO2. The fraction of sp³-hybridized carbons (Fsp3) is 0.273. The molecule has 0 aliphatic rings. The number of ketones is 1. The molecule has 0 saturated carbocycles. The molecular weight excluding hydrogens is 214 g/mol. The van der Waals surface area contributed by atoms with Gasteiger partial charge in [0.1, 0.15) is 23.2 Å². The van der Waals surface area contributed by atoms with E-state index in [1.165, 1.54) is 6.92 Å². The average molecular weight is 224 g/mol. The van der Waals surface area contributed by atoms with E-state index in [0.29, 0.717) is 22.8 Å². The van der Waals surface area contributed by atoms with E-state index in [2.05, 4.69) is 0 Å². The van der Waals surface area contributed by atoms with Crippen molar-refractivity contribution in [2.45, 2.75) is 13.3 Å². The van der Waals surface area contributed by atoms with E-state index in [1.807, 2.05) is 6.07 Å². The summed E-state index contributed by atoms with van der Waals surface area (Å²) >= 11 is 5.80. The summed E-state index contributed by atoms with van der Waals surface area (Å²) in [6, 6.07) is 6.94. The molecule has 0 aliphatic heterocycles. The lowest BCUT2D eigenvalue weighted by molar-refractivity contribution is -0.117. The van der Waals surface area contributed by atoms with Crippen LogP contribution in [0.15, 0.2) is 18.2 Å². The first kappa shape index (κ1) is 11.5. The molecule has 1 aromatic carbocycles. The highest BCUT2D eigenvalue weighted by atomic mass is 35.5. The van der Waals surface area contributed by atoms with Crippen LogP contribution in [-0.2, 0) is 4.79 Å². The Hall–Kier alpha value is -1.53. The van der Waals surface area contributed by atoms with Gasteiger partial charge in [0.15, 0.2) is 0 Å². The van der Waals surface area contributed by atoms with Crippen molar-refractivity contribution in [1.82, 2.24) is 0 Å². The second-order valence-electron chi connectivity index (χ2n) is 3.03. The van der Waals surface area contributed by atoms with Gasteiger partial charge in [0.05, 0.1) is 11.6 Å². The summed E-state index contributed by atoms with van der Waals surface area (Å²) in [5.41, 5.74) is 0.308. The number of nitrogens with zero attached hydrogens (tertiary/aromatic N) is 1. The molecule has 0 spiro atoms. The highest BCUT2D eigenvalue weighted by Gasteiger charge is 2.07. The van der Waals surface area contributed by atoms with Crippen LogP contribution in [0.2, 0.25) is 5.02 Å². The van der Waals surface area contributed by atoms with Crippen molar-refractivity contribution < 1.29 is 9.53 Å². The van der Waals surface area contributed by atoms with Crippen molar-refractivity contribution in [3.63, 3.8) is 0 Å². The summed E-state index contributed by atoms with van der Waals surface area (Å²) in [5.74, 6) is 0.474. The lowest BCUT2D eigenvalue weighted by Crippen LogP contribution is -2.03. The molecule has 0 unspecified atom stereocenters. The lowest BCUT2D eigenvalue weighted by Gasteiger charge is -2.07. The minimum atomic E-state index is 0.0514. The van der Waals surface area contributed by atoms with E-state index >= 15 is 0 Å². The molecule has 1 aromatic rings. The van der Waals surface area contributed by atoms with E-state index in [-0.39, 0.29) is 12.4 Å². The van der Waals surface area contributed by atoms with Crippen LogP contribution in [0.25, 0.3) is 0 Å². The van der Waals surface area contributed by atoms with Gasteiger partial charge in [0.25, 0.3) is 0 Å². The highest BCUT2D eigenvalue weighted by Crippen LogP contribution is 2.25. The predicted molar refractivity (Wildman–Crippen MR) is 57.0 cm³/mol. The van der Waals surface area contributed by atoms with Gasteiger partial charge in [-0.25, -0.2) is 0 Å². The molecule has 0 aromatic heterocycles. The molecule has 78 valence electrons. The summed E-state index contributed by atoms with van der Waals surface area (Å²) in [7, 11) is 0. The standard InChI is InChI=1S/C11H10ClNO2/c1-8(14)5-6-15-11-4-2-3-10(12)9(11)7-13/h2-4H,5-6H2,1H3. The third kappa shape index (κ3) is 3.26. The molecule has 4 heteroatoms. The van der Waals surface area contributed by atoms with Crippen molar-refractivity contribution >= 4 is 17.4 Å². The van der Waals surface area contributed by atoms with Gasteiger partial charge in [-0.05, 0) is 19.1 Å². The van der Waals surface area contributed by atoms with Crippen LogP contribution in [0.4, 0.5) is 0 Å². The average Bonchev–Trinajstić information content (AvgIpc) is 2.17. The molecule has 0 amide bonds. The van der Waals surface area contributed by atoms with E-state index in [1.54, 1.807) is 18.2 Å². The molecule has 0 heterocycles. The Balaban J connectivity index is 2.73. The molecule has 0 saturated heterocycles. The molecule has 0 bridgehead atoms. The van der Waals surface area contributed by atoms with Crippen LogP contribution in [0.5, 0.6) is 5.75 Å². The Morgan fingerprint density at radius 2 is 2.33 bits per heavy atom. The van der Waals surface area contributed by atoms with Crippen molar-refractivity contribution in [1.29, 1.82) is 5.26 Å². The Kier molecular flexibility index (Phi) is 4.14. The van der Waals surface area contributed by atoms with Crippen molar-refractivity contribution in [3.8, 4) is 11.8 Å². The number of nitriles is 1. The number of rotatable bonds is 4. The van der Waals surface area contributed by atoms with Gasteiger partial charge in [0.2, 0.25) is 0 Å². The first-order valence-electron chi connectivity index (χ1n) is 4.46. The lowest BCUT2D eigenvalue weighted by atomic mass is 10.2. The Morgan fingerprint density at radius 3 is 2.93 bits per heavy atom. The first-order valence-corrected chi connectivity index (χ1v) is 4.84. The van der Waals surface area contributed by atoms with Crippen LogP contribution >= 0.6 is 11.6 Å². The quantitative estimate of drug-likeness (QED) is 0.788. The number of hydrogen-bond acceptors (Lipinski definition) is 3. The fourth-order valence-corrected chi connectivity index (χ4v) is 1.25. The number of hydrogen-bond donors (Lipinski definition) is 0. The highest BCUT2D eigenvalue weighted by molar-refractivity contribution is 6.31. The maximum absolute atomic E-state index is 10.7. The SMILES string of the molecule is CC(=O)CCOc1cccc(Cl)c1C#N. The van der Waals surface area contributed by atoms with Crippen LogP contribution in [0, 0.1) is 11.3 Å². The van der Waals surface area contributed by atoms with Crippen molar-refractivity contribution in [2.24, 2.45) is 0 Å². The van der Waals surface area contributed by atoms with Gasteiger partial charge < -0.3 is 4.74 Å². The monoisotopic (exact) mass is 223 g/mol. The van der Waals surface area contributed by atoms with Gasteiger partial charge in [-0.3, -0.25) is 4.79 Å². The predicted octanol–water partition coefficient (Wildman–Crippen LogP) is 2.57. The van der Waals surface area contributed by atoms with E-state index in [0.717, 1.165) is 0 Å². The number of benzene rings is 1. The van der Waals surface area contributed by atoms with E-state index < -0.39 is 0 Å². The minimum Gasteiger partial charge on any atom is -0.492 e. The molecule has 1 rings (SSSR count). The molecule has 0 radical (unpaired) electrons. The summed E-state index contributed by atoms with van der Waals surface area (Å²) in [4.78, 5) is 10.7. The summed E-state index contributed by atoms with van der Waals surface area (Å²) in [5, 5.41) is 9.19. The van der Waals surface area contributed by atoms with Gasteiger partial charge in [-0.15, -0.1) is 0 Å². The maximum atomic E-state index is 10.7. The Labute approximate surface area is 93.2 Å². The molecule has 0 atom stereocenters. The zero-order chi connectivity index (χ0) is 11.3. The third-order valence-corrected chi connectivity index (χ3v) is 2.11. The minimum absolute atomic E-state index is 0.0514. The largest absolute Gasteiger partial charge is 0.492 e. The van der Waals surface area contributed by atoms with Crippen LogP contribution in [0.1, 0.15) is 18.9 Å². The maximum Gasteiger partial charge on any atom is 0.138 e. The van der Waals surface area contributed by atoms with E-state index in [9.17, 15) is 4.79 Å². The fourth-order valence-electron chi connectivity index (χ4n) is 1.04. The summed E-state index contributed by atoms with van der Waals surface area (Å²) in [6.45, 7) is 1.76. The second kappa shape index (κ2) is 5.38. The number of carbonyl (C=O) groups is 1. The van der Waals surface area contributed by atoms with E-state index in [4.69, 9.17) is 21.6 Å². The van der Waals surface area contributed by atoms with Gasteiger partial charge in [-0.1, -0.05) is 17.7 Å². The van der Waals surface area contributed by atoms with Gasteiger partial charge in [-0.2, -0.15) is 5.26 Å². The molecule has 0 fully saturated rings. The smallest absolute Gasteiger partial charge is 0.138 e. The number of carbonyl (C=O) groups excluding carboxylic acids is 1. The first-order chi connectivity index (χ1) is 7.15. The third-order valence-electron chi connectivity index (χ3n) is 1.80. The molecule has 3 nitrogen and oxygen atoms in total. The number of Topliss-reactive ketones (excluding diaryl/α,β-unsaturated/α-hetero) is 1. The zero-order valence-electron chi connectivity index (χ0n) is 8.29. The normalized spacial score (nSPS) is 9.40. The van der Waals surface area contributed by atoms with Gasteiger partial charge in [0, 0.05) is 6.42 Å². The Morgan fingerprint density at radius 1 is 1.60 bits per heavy atom. The van der Waals surface area contributed by atoms with Gasteiger partial charge >= 0.3 is 0 Å². The van der Waals surface area contributed by atoms with Crippen LogP contribution < -0.4 is 4.74 Å². The molecule has 15 heavy (non-hydrogen) atoms. The Bertz CT molecular complexity index is 410. The molecule has 0 aliphatic carbocycles. The zero-order valence-corrected chi connectivity index (χ0v) is 9.04. The number of halogens is 1. The van der Waals surface area contributed by atoms with Crippen LogP contribution in [-0.4, -0.2) is 12.4 Å². The van der Waals surface area contributed by atoms with Crippen LogP contribution in [0.3, 0.4) is 0 Å². The van der Waals surface area contributed by atoms with Crippen molar-refractivity contribution in [2.75, 3.05) is 6.61 Å². The van der Waals surface area contributed by atoms with Crippen molar-refractivity contribution in [3.05, 3.63) is 28.8 Å². The topological polar surface area (TPSA) is 50.1 Å². The number of ether oxygens (including phenoxy) is 1. The molecule has 0 N–H and O–H groups in total. The summed E-state index contributed by atoms with van der Waals surface area (Å²) in [6.07, 6.45) is 0.331. The second-order valence-corrected chi connectivity index (χ2v) is 3.43.